The Kier molecular flexibility index (Phi) is 3.43. The molecular weight excluding hydrogens is 326 g/mol. The van der Waals surface area contributed by atoms with Crippen LogP contribution in [0.25, 0.3) is 17.0 Å². The molecule has 0 saturated heterocycles. The van der Waals surface area contributed by atoms with Gasteiger partial charge in [-0.15, -0.1) is 11.3 Å². The molecule has 0 amide bonds. The van der Waals surface area contributed by atoms with E-state index in [-0.39, 0.29) is 5.69 Å². The number of anilines is 2. The summed E-state index contributed by atoms with van der Waals surface area (Å²) in [6.07, 6.45) is 3.71. The van der Waals surface area contributed by atoms with Crippen molar-refractivity contribution in [3.63, 3.8) is 0 Å². The van der Waals surface area contributed by atoms with Crippen LogP contribution in [0, 0.1) is 10.1 Å². The van der Waals surface area contributed by atoms with Crippen molar-refractivity contribution in [3.8, 4) is 11.4 Å². The Labute approximate surface area is 140 Å². The van der Waals surface area contributed by atoms with E-state index in [9.17, 15) is 10.1 Å². The van der Waals surface area contributed by atoms with Crippen LogP contribution in [0.3, 0.4) is 0 Å². The molecule has 0 aliphatic carbocycles. The van der Waals surface area contributed by atoms with Gasteiger partial charge < -0.3 is 5.32 Å². The van der Waals surface area contributed by atoms with E-state index in [0.29, 0.717) is 10.8 Å². The third-order valence-electron chi connectivity index (χ3n) is 3.49. The summed E-state index contributed by atoms with van der Waals surface area (Å²) < 4.78 is 1.96. The molecule has 0 fully saturated rings. The minimum Gasteiger partial charge on any atom is -0.331 e. The molecule has 0 atom stereocenters. The van der Waals surface area contributed by atoms with Gasteiger partial charge in [0.05, 0.1) is 16.8 Å². The predicted octanol–water partition coefficient (Wildman–Crippen LogP) is 4.11. The standard InChI is InChI=1S/C16H11N5O2S/c22-21(23)12-5-3-4-11(8-12)18-16-19-13(10-24-16)14-9-17-15-6-1-2-7-20(14)15/h1-10H,(H,18,19). The van der Waals surface area contributed by atoms with Gasteiger partial charge in [-0.25, -0.2) is 9.97 Å². The Morgan fingerprint density at radius 2 is 2.12 bits per heavy atom. The maximum Gasteiger partial charge on any atom is 0.271 e. The summed E-state index contributed by atoms with van der Waals surface area (Å²) in [5, 5.41) is 16.5. The average Bonchev–Trinajstić information content (AvgIpc) is 3.21. The normalized spacial score (nSPS) is 10.8. The first-order valence-electron chi connectivity index (χ1n) is 7.10. The molecule has 0 radical (unpaired) electrons. The van der Waals surface area contributed by atoms with Gasteiger partial charge in [-0.1, -0.05) is 12.1 Å². The number of non-ortho nitro benzene ring substituents is 1. The van der Waals surface area contributed by atoms with E-state index in [4.69, 9.17) is 0 Å². The molecule has 118 valence electrons. The lowest BCUT2D eigenvalue weighted by atomic mass is 10.3. The fourth-order valence-corrected chi connectivity index (χ4v) is 3.12. The van der Waals surface area contributed by atoms with Crippen molar-refractivity contribution in [1.82, 2.24) is 14.4 Å². The van der Waals surface area contributed by atoms with Gasteiger partial charge in [0.15, 0.2) is 5.13 Å². The lowest BCUT2D eigenvalue weighted by molar-refractivity contribution is -0.384. The van der Waals surface area contributed by atoms with E-state index in [0.717, 1.165) is 17.0 Å². The number of rotatable bonds is 4. The molecule has 1 N–H and O–H groups in total. The van der Waals surface area contributed by atoms with E-state index in [1.165, 1.54) is 23.5 Å². The number of fused-ring (bicyclic) bond motifs is 1. The number of aromatic nitrogens is 3. The number of nitro groups is 1. The van der Waals surface area contributed by atoms with E-state index in [2.05, 4.69) is 15.3 Å². The number of nitro benzene ring substituents is 1. The number of benzene rings is 1. The molecule has 0 aliphatic rings. The number of imidazole rings is 1. The van der Waals surface area contributed by atoms with Gasteiger partial charge in [0.2, 0.25) is 0 Å². The summed E-state index contributed by atoms with van der Waals surface area (Å²) in [6.45, 7) is 0. The monoisotopic (exact) mass is 337 g/mol. The first-order chi connectivity index (χ1) is 11.7. The lowest BCUT2D eigenvalue weighted by Gasteiger charge is -2.02. The molecule has 1 aromatic carbocycles. The van der Waals surface area contributed by atoms with Crippen LogP contribution in [0.5, 0.6) is 0 Å². The van der Waals surface area contributed by atoms with Gasteiger partial charge in [-0.2, -0.15) is 0 Å². The second-order valence-corrected chi connectivity index (χ2v) is 5.90. The number of thiazole rings is 1. The number of pyridine rings is 1. The molecule has 24 heavy (non-hydrogen) atoms. The fraction of sp³-hybridized carbons (Fsp3) is 0. The molecule has 7 nitrogen and oxygen atoms in total. The lowest BCUT2D eigenvalue weighted by Crippen LogP contribution is -1.93. The molecule has 0 saturated carbocycles. The quantitative estimate of drug-likeness (QED) is 0.447. The van der Waals surface area contributed by atoms with Crippen molar-refractivity contribution < 1.29 is 4.92 Å². The minimum atomic E-state index is -0.420. The summed E-state index contributed by atoms with van der Waals surface area (Å²) in [5.74, 6) is 0. The van der Waals surface area contributed by atoms with Crippen molar-refractivity contribution in [1.29, 1.82) is 0 Å². The Hall–Kier alpha value is -3.26. The Morgan fingerprint density at radius 3 is 3.00 bits per heavy atom. The molecule has 8 heteroatoms. The second kappa shape index (κ2) is 5.74. The van der Waals surface area contributed by atoms with Crippen LogP contribution in [0.1, 0.15) is 0 Å². The summed E-state index contributed by atoms with van der Waals surface area (Å²) in [7, 11) is 0. The number of nitrogens with one attached hydrogen (secondary N) is 1. The molecular formula is C16H11N5O2S. The van der Waals surface area contributed by atoms with E-state index < -0.39 is 4.92 Å². The minimum absolute atomic E-state index is 0.0403. The van der Waals surface area contributed by atoms with Crippen LogP contribution in [0.15, 0.2) is 60.2 Å². The topological polar surface area (TPSA) is 85.4 Å². The van der Waals surface area contributed by atoms with Crippen molar-refractivity contribution in [2.45, 2.75) is 0 Å². The van der Waals surface area contributed by atoms with E-state index >= 15 is 0 Å². The summed E-state index contributed by atoms with van der Waals surface area (Å²) in [5.41, 5.74) is 3.22. The van der Waals surface area contributed by atoms with Gasteiger partial charge in [-0.05, 0) is 18.2 Å². The van der Waals surface area contributed by atoms with Gasteiger partial charge in [0.1, 0.15) is 11.3 Å². The zero-order chi connectivity index (χ0) is 16.5. The summed E-state index contributed by atoms with van der Waals surface area (Å²) >= 11 is 1.43. The number of hydrogen-bond acceptors (Lipinski definition) is 6. The van der Waals surface area contributed by atoms with E-state index in [1.807, 2.05) is 34.2 Å². The van der Waals surface area contributed by atoms with Gasteiger partial charge in [0.25, 0.3) is 5.69 Å². The number of nitrogens with zero attached hydrogens (tertiary/aromatic N) is 4. The summed E-state index contributed by atoms with van der Waals surface area (Å²) in [4.78, 5) is 19.3. The molecule has 4 aromatic rings. The first-order valence-corrected chi connectivity index (χ1v) is 7.98. The van der Waals surface area contributed by atoms with Crippen LogP contribution < -0.4 is 5.32 Å². The molecule has 0 aliphatic heterocycles. The third kappa shape index (κ3) is 2.59. The van der Waals surface area contributed by atoms with Gasteiger partial charge >= 0.3 is 0 Å². The van der Waals surface area contributed by atoms with Gasteiger partial charge in [0, 0.05) is 29.4 Å². The highest BCUT2D eigenvalue weighted by Gasteiger charge is 2.11. The van der Waals surface area contributed by atoms with Crippen molar-refractivity contribution >= 4 is 33.5 Å². The molecule has 3 heterocycles. The maximum atomic E-state index is 10.8. The van der Waals surface area contributed by atoms with Gasteiger partial charge in [-0.3, -0.25) is 14.5 Å². The van der Waals surface area contributed by atoms with Crippen molar-refractivity contribution in [3.05, 3.63) is 70.4 Å². The Bertz CT molecular complexity index is 1040. The number of hydrogen-bond donors (Lipinski definition) is 1. The van der Waals surface area contributed by atoms with Crippen LogP contribution in [0.4, 0.5) is 16.5 Å². The molecule has 4 rings (SSSR count). The molecule has 0 spiro atoms. The second-order valence-electron chi connectivity index (χ2n) is 5.04. The smallest absolute Gasteiger partial charge is 0.271 e. The van der Waals surface area contributed by atoms with Crippen molar-refractivity contribution in [2.75, 3.05) is 5.32 Å². The van der Waals surface area contributed by atoms with Crippen LogP contribution in [0.2, 0.25) is 0 Å². The van der Waals surface area contributed by atoms with Crippen LogP contribution >= 0.6 is 11.3 Å². The highest BCUT2D eigenvalue weighted by atomic mass is 32.1. The predicted molar refractivity (Wildman–Crippen MR) is 92.7 cm³/mol. The highest BCUT2D eigenvalue weighted by Crippen LogP contribution is 2.28. The molecule has 0 bridgehead atoms. The average molecular weight is 337 g/mol. The first kappa shape index (κ1) is 14.3. The maximum absolute atomic E-state index is 10.8. The Balaban J connectivity index is 1.63. The largest absolute Gasteiger partial charge is 0.331 e. The summed E-state index contributed by atoms with van der Waals surface area (Å²) in [6, 6.07) is 12.1. The molecule has 0 unspecified atom stereocenters. The Morgan fingerprint density at radius 1 is 1.21 bits per heavy atom. The SMILES string of the molecule is O=[N+]([O-])c1cccc(Nc2nc(-c3cnc4ccccn34)cs2)c1. The van der Waals surface area contributed by atoms with Crippen molar-refractivity contribution in [2.24, 2.45) is 0 Å². The van der Waals surface area contributed by atoms with Crippen LogP contribution in [-0.2, 0) is 0 Å². The zero-order valence-electron chi connectivity index (χ0n) is 12.3. The van der Waals surface area contributed by atoms with E-state index in [1.54, 1.807) is 18.3 Å². The highest BCUT2D eigenvalue weighted by molar-refractivity contribution is 7.14. The fourth-order valence-electron chi connectivity index (χ4n) is 2.39. The third-order valence-corrected chi connectivity index (χ3v) is 4.25. The van der Waals surface area contributed by atoms with Crippen LogP contribution in [-0.4, -0.2) is 19.3 Å². The zero-order valence-corrected chi connectivity index (χ0v) is 13.1. The molecule has 3 aromatic heterocycles.